The molecule has 0 unspecified atom stereocenters. The monoisotopic (exact) mass is 405 g/mol. The van der Waals surface area contributed by atoms with Gasteiger partial charge in [0.1, 0.15) is 5.58 Å². The van der Waals surface area contributed by atoms with Crippen LogP contribution in [0.15, 0.2) is 39.5 Å². The highest BCUT2D eigenvalue weighted by atomic mass is 32.2. The van der Waals surface area contributed by atoms with E-state index in [2.05, 4.69) is 0 Å². The van der Waals surface area contributed by atoms with Crippen LogP contribution in [-0.4, -0.2) is 55.4 Å². The van der Waals surface area contributed by atoms with Gasteiger partial charge in [-0.05, 0) is 31.4 Å². The van der Waals surface area contributed by atoms with Gasteiger partial charge >= 0.3 is 5.97 Å². The Morgan fingerprint density at radius 1 is 1.14 bits per heavy atom. The summed E-state index contributed by atoms with van der Waals surface area (Å²) in [6.07, 6.45) is 2.03. The van der Waals surface area contributed by atoms with E-state index in [0.29, 0.717) is 11.8 Å². The fourth-order valence-electron chi connectivity index (χ4n) is 3.53. The third-order valence-corrected chi connectivity index (χ3v) is 6.74. The Hall–Kier alpha value is -2.68. The van der Waals surface area contributed by atoms with E-state index < -0.39 is 28.3 Å². The second kappa shape index (κ2) is 7.05. The number of para-hydroxylation sites is 1. The largest absolute Gasteiger partial charge is 0.450 e. The van der Waals surface area contributed by atoms with Gasteiger partial charge in [-0.2, -0.15) is 0 Å². The van der Waals surface area contributed by atoms with Gasteiger partial charge < -0.3 is 14.1 Å². The SMILES string of the molecule is O=C(OCC(=O)N(C1CC1)[C@@H]1CCS(=O)(=O)C1)c1cc(=O)c2ccccc2o1. The molecule has 28 heavy (non-hydrogen) atoms. The third kappa shape index (κ3) is 3.80. The molecule has 0 bridgehead atoms. The maximum absolute atomic E-state index is 12.6. The van der Waals surface area contributed by atoms with Gasteiger partial charge in [-0.3, -0.25) is 9.59 Å². The highest BCUT2D eigenvalue weighted by molar-refractivity contribution is 7.91. The summed E-state index contributed by atoms with van der Waals surface area (Å²) in [5.41, 5.74) is -0.125. The smallest absolute Gasteiger partial charge is 0.374 e. The van der Waals surface area contributed by atoms with Gasteiger partial charge in [-0.15, -0.1) is 0 Å². The average Bonchev–Trinajstić information content (AvgIpc) is 3.42. The minimum Gasteiger partial charge on any atom is -0.450 e. The molecule has 1 amide bonds. The first-order chi connectivity index (χ1) is 13.3. The molecule has 2 aliphatic rings. The average molecular weight is 405 g/mol. The summed E-state index contributed by atoms with van der Waals surface area (Å²) in [5.74, 6) is -1.61. The Bertz CT molecular complexity index is 1100. The normalized spacial score (nSPS) is 20.8. The van der Waals surface area contributed by atoms with Crippen molar-refractivity contribution in [1.82, 2.24) is 4.90 Å². The number of fused-ring (bicyclic) bond motifs is 1. The van der Waals surface area contributed by atoms with Gasteiger partial charge in [-0.25, -0.2) is 13.2 Å². The quantitative estimate of drug-likeness (QED) is 0.686. The fraction of sp³-hybridized carbons (Fsp3) is 0.421. The lowest BCUT2D eigenvalue weighted by Crippen LogP contribution is -2.44. The molecule has 4 rings (SSSR count). The number of benzene rings is 1. The van der Waals surface area contributed by atoms with Crippen LogP contribution in [0.1, 0.15) is 29.8 Å². The molecule has 1 aliphatic carbocycles. The molecule has 148 valence electrons. The van der Waals surface area contributed by atoms with Crippen LogP contribution >= 0.6 is 0 Å². The summed E-state index contributed by atoms with van der Waals surface area (Å²) in [5, 5.41) is 0.345. The molecule has 8 nitrogen and oxygen atoms in total. The van der Waals surface area contributed by atoms with Gasteiger partial charge in [-0.1, -0.05) is 12.1 Å². The Balaban J connectivity index is 1.45. The first kappa shape index (κ1) is 18.7. The molecule has 2 fully saturated rings. The Labute approximate surface area is 161 Å². The number of hydrogen-bond donors (Lipinski definition) is 0. The topological polar surface area (TPSA) is 111 Å². The number of hydrogen-bond acceptors (Lipinski definition) is 7. The van der Waals surface area contributed by atoms with Crippen molar-refractivity contribution in [3.05, 3.63) is 46.3 Å². The van der Waals surface area contributed by atoms with Crippen molar-refractivity contribution >= 4 is 32.7 Å². The number of esters is 1. The molecule has 1 aliphatic heterocycles. The fourth-order valence-corrected chi connectivity index (χ4v) is 5.24. The van der Waals surface area contributed by atoms with E-state index in [1.807, 2.05) is 0 Å². The summed E-state index contributed by atoms with van der Waals surface area (Å²) >= 11 is 0. The van der Waals surface area contributed by atoms with Crippen LogP contribution in [0.25, 0.3) is 11.0 Å². The standard InChI is InChI=1S/C19H19NO7S/c21-15-9-17(27-16-4-2-1-3-14(15)16)19(23)26-10-18(22)20(12-5-6-12)13-7-8-28(24,25)11-13/h1-4,9,12-13H,5-8,10-11H2/t13-/m1/s1. The third-order valence-electron chi connectivity index (χ3n) is 4.99. The molecule has 0 radical (unpaired) electrons. The summed E-state index contributed by atoms with van der Waals surface area (Å²) in [7, 11) is -3.13. The maximum Gasteiger partial charge on any atom is 0.374 e. The van der Waals surface area contributed by atoms with Crippen LogP contribution in [0.5, 0.6) is 0 Å². The highest BCUT2D eigenvalue weighted by Crippen LogP contribution is 2.32. The molecule has 1 atom stereocenters. The van der Waals surface area contributed by atoms with Gasteiger partial charge in [0.2, 0.25) is 5.76 Å². The number of carbonyl (C=O) groups is 2. The Morgan fingerprint density at radius 2 is 1.89 bits per heavy atom. The first-order valence-electron chi connectivity index (χ1n) is 9.06. The molecular formula is C19H19NO7S. The van der Waals surface area contributed by atoms with E-state index in [-0.39, 0.29) is 40.4 Å². The molecular weight excluding hydrogens is 386 g/mol. The number of carbonyl (C=O) groups excluding carboxylic acids is 2. The zero-order chi connectivity index (χ0) is 19.9. The number of rotatable bonds is 5. The predicted octanol–water partition coefficient (Wildman–Crippen LogP) is 1.13. The summed E-state index contributed by atoms with van der Waals surface area (Å²) in [6, 6.07) is 7.18. The van der Waals surface area contributed by atoms with E-state index >= 15 is 0 Å². The van der Waals surface area contributed by atoms with Gasteiger partial charge in [0.15, 0.2) is 21.9 Å². The summed E-state index contributed by atoms with van der Waals surface area (Å²) in [4.78, 5) is 38.5. The Kier molecular flexibility index (Phi) is 4.70. The molecule has 1 aromatic carbocycles. The van der Waals surface area contributed by atoms with E-state index in [9.17, 15) is 22.8 Å². The minimum absolute atomic E-state index is 0.00287. The molecule has 2 heterocycles. The lowest BCUT2D eigenvalue weighted by molar-refractivity contribution is -0.137. The van der Waals surface area contributed by atoms with Crippen molar-refractivity contribution in [1.29, 1.82) is 0 Å². The van der Waals surface area contributed by atoms with Crippen molar-refractivity contribution in [3.63, 3.8) is 0 Å². The van der Waals surface area contributed by atoms with Crippen LogP contribution in [0.2, 0.25) is 0 Å². The van der Waals surface area contributed by atoms with E-state index in [4.69, 9.17) is 9.15 Å². The van der Waals surface area contributed by atoms with Gasteiger partial charge in [0.05, 0.1) is 16.9 Å². The van der Waals surface area contributed by atoms with Crippen molar-refractivity contribution in [2.24, 2.45) is 0 Å². The van der Waals surface area contributed by atoms with Crippen LogP contribution in [-0.2, 0) is 19.4 Å². The van der Waals surface area contributed by atoms with Crippen molar-refractivity contribution in [3.8, 4) is 0 Å². The lowest BCUT2D eigenvalue weighted by atomic mass is 10.2. The second-order valence-electron chi connectivity index (χ2n) is 7.14. The zero-order valence-corrected chi connectivity index (χ0v) is 15.8. The van der Waals surface area contributed by atoms with Crippen LogP contribution in [0.4, 0.5) is 0 Å². The number of amides is 1. The number of sulfone groups is 1. The van der Waals surface area contributed by atoms with E-state index in [0.717, 1.165) is 18.9 Å². The van der Waals surface area contributed by atoms with Crippen molar-refractivity contribution < 1.29 is 27.2 Å². The van der Waals surface area contributed by atoms with Crippen LogP contribution in [0.3, 0.4) is 0 Å². The molecule has 1 saturated carbocycles. The molecule has 2 aromatic rings. The van der Waals surface area contributed by atoms with E-state index in [1.54, 1.807) is 29.2 Å². The van der Waals surface area contributed by atoms with E-state index in [1.165, 1.54) is 0 Å². The highest BCUT2D eigenvalue weighted by Gasteiger charge is 2.42. The second-order valence-corrected chi connectivity index (χ2v) is 9.36. The maximum atomic E-state index is 12.6. The number of nitrogens with zero attached hydrogens (tertiary/aromatic N) is 1. The number of ether oxygens (including phenoxy) is 1. The summed E-state index contributed by atoms with van der Waals surface area (Å²) in [6.45, 7) is -0.525. The minimum atomic E-state index is -3.13. The molecule has 0 N–H and O–H groups in total. The zero-order valence-electron chi connectivity index (χ0n) is 15.0. The van der Waals surface area contributed by atoms with Gasteiger partial charge in [0.25, 0.3) is 5.91 Å². The van der Waals surface area contributed by atoms with Crippen LogP contribution < -0.4 is 5.43 Å². The van der Waals surface area contributed by atoms with Gasteiger partial charge in [0, 0.05) is 18.2 Å². The summed E-state index contributed by atoms with van der Waals surface area (Å²) < 4.78 is 33.9. The lowest BCUT2D eigenvalue weighted by Gasteiger charge is -2.28. The molecule has 1 saturated heterocycles. The molecule has 0 spiro atoms. The Morgan fingerprint density at radius 3 is 2.57 bits per heavy atom. The van der Waals surface area contributed by atoms with Crippen molar-refractivity contribution in [2.75, 3.05) is 18.1 Å². The molecule has 9 heteroatoms. The first-order valence-corrected chi connectivity index (χ1v) is 10.9. The van der Waals surface area contributed by atoms with Crippen LogP contribution in [0, 0.1) is 0 Å². The van der Waals surface area contributed by atoms with Crippen molar-refractivity contribution in [2.45, 2.75) is 31.3 Å². The predicted molar refractivity (Wildman–Crippen MR) is 99.7 cm³/mol. The molecule has 1 aromatic heterocycles.